The van der Waals surface area contributed by atoms with E-state index in [-0.39, 0.29) is 20.6 Å². The molecule has 1 aromatic carbocycles. The minimum absolute atomic E-state index is 0.0977. The summed E-state index contributed by atoms with van der Waals surface area (Å²) in [5.41, 5.74) is 0.688. The molecule has 92 valence electrons. The predicted octanol–water partition coefficient (Wildman–Crippen LogP) is 4.66. The van der Waals surface area contributed by atoms with E-state index >= 15 is 0 Å². The smallest absolute Gasteiger partial charge is 0.153 e. The second-order valence-corrected chi connectivity index (χ2v) is 4.65. The van der Waals surface area contributed by atoms with Gasteiger partial charge in [0.25, 0.3) is 0 Å². The van der Waals surface area contributed by atoms with Crippen LogP contribution in [0.15, 0.2) is 24.5 Å². The monoisotopic (exact) mass is 303 g/mol. The third-order valence-corrected chi connectivity index (χ3v) is 3.55. The normalized spacial score (nSPS) is 10.4. The average Bonchev–Trinajstić information content (AvgIpc) is 2.35. The molecule has 0 bridgehead atoms. The lowest BCUT2D eigenvalue weighted by Crippen LogP contribution is -1.94. The van der Waals surface area contributed by atoms with Crippen LogP contribution in [0.4, 0.5) is 4.39 Å². The van der Waals surface area contributed by atoms with E-state index in [0.717, 1.165) is 6.20 Å². The van der Waals surface area contributed by atoms with Crippen molar-refractivity contribution in [3.05, 3.63) is 51.0 Å². The predicted molar refractivity (Wildman–Crippen MR) is 70.0 cm³/mol. The largest absolute Gasteiger partial charge is 0.298 e. The molecule has 0 spiro atoms. The fourth-order valence-electron chi connectivity index (χ4n) is 1.51. The molecule has 0 saturated carbocycles. The van der Waals surface area contributed by atoms with Crippen LogP contribution in [0.5, 0.6) is 0 Å². The van der Waals surface area contributed by atoms with Gasteiger partial charge in [0.15, 0.2) is 12.1 Å². The molecule has 6 heteroatoms. The van der Waals surface area contributed by atoms with Crippen LogP contribution < -0.4 is 0 Å². The quantitative estimate of drug-likeness (QED) is 0.596. The Morgan fingerprint density at radius 1 is 1.11 bits per heavy atom. The van der Waals surface area contributed by atoms with Crippen molar-refractivity contribution in [3.63, 3.8) is 0 Å². The van der Waals surface area contributed by atoms with E-state index < -0.39 is 5.82 Å². The summed E-state index contributed by atoms with van der Waals surface area (Å²) in [6.07, 6.45) is 2.75. The van der Waals surface area contributed by atoms with Crippen molar-refractivity contribution >= 4 is 41.1 Å². The van der Waals surface area contributed by atoms with E-state index in [4.69, 9.17) is 34.8 Å². The molecule has 0 amide bonds. The highest BCUT2D eigenvalue weighted by Gasteiger charge is 2.13. The van der Waals surface area contributed by atoms with Crippen LogP contribution in [0.3, 0.4) is 0 Å². The van der Waals surface area contributed by atoms with Crippen molar-refractivity contribution in [2.24, 2.45) is 0 Å². The van der Waals surface area contributed by atoms with Crippen molar-refractivity contribution in [1.29, 1.82) is 0 Å². The number of carbonyl (C=O) groups is 1. The highest BCUT2D eigenvalue weighted by molar-refractivity contribution is 6.48. The summed E-state index contributed by atoms with van der Waals surface area (Å²) >= 11 is 17.6. The minimum atomic E-state index is -0.704. The number of benzene rings is 1. The Kier molecular flexibility index (Phi) is 3.85. The second-order valence-electron chi connectivity index (χ2n) is 3.45. The van der Waals surface area contributed by atoms with E-state index in [9.17, 15) is 9.18 Å². The van der Waals surface area contributed by atoms with E-state index in [1.807, 2.05) is 0 Å². The lowest BCUT2D eigenvalue weighted by atomic mass is 10.0. The zero-order valence-corrected chi connectivity index (χ0v) is 11.0. The molecule has 0 aliphatic carbocycles. The standard InChI is InChI=1S/C12H5Cl3FNO/c13-9-1-6(2-10(14)12(9)15)7-3-17-4-11(16)8(7)5-18/h1-5H. The van der Waals surface area contributed by atoms with Crippen LogP contribution in [-0.4, -0.2) is 11.3 Å². The summed E-state index contributed by atoms with van der Waals surface area (Å²) in [5, 5.41) is 0.652. The van der Waals surface area contributed by atoms with E-state index in [1.165, 1.54) is 18.3 Å². The molecule has 1 aromatic heterocycles. The first kappa shape index (κ1) is 13.3. The lowest BCUT2D eigenvalue weighted by Gasteiger charge is -2.08. The minimum Gasteiger partial charge on any atom is -0.298 e. The summed E-state index contributed by atoms with van der Waals surface area (Å²) in [7, 11) is 0. The molecule has 0 saturated heterocycles. The van der Waals surface area contributed by atoms with Crippen LogP contribution in [-0.2, 0) is 0 Å². The van der Waals surface area contributed by atoms with E-state index in [2.05, 4.69) is 4.98 Å². The maximum Gasteiger partial charge on any atom is 0.153 e. The Bertz CT molecular complexity index is 608. The van der Waals surface area contributed by atoms with E-state index in [0.29, 0.717) is 17.4 Å². The van der Waals surface area contributed by atoms with Gasteiger partial charge in [0, 0.05) is 11.8 Å². The highest BCUT2D eigenvalue weighted by Crippen LogP contribution is 2.35. The molecule has 0 atom stereocenters. The average molecular weight is 305 g/mol. The third kappa shape index (κ3) is 2.34. The SMILES string of the molecule is O=Cc1c(F)cncc1-c1cc(Cl)c(Cl)c(Cl)c1. The van der Waals surface area contributed by atoms with Crippen molar-refractivity contribution in [2.75, 3.05) is 0 Å². The second kappa shape index (κ2) is 5.22. The number of aromatic nitrogens is 1. The van der Waals surface area contributed by atoms with Crippen molar-refractivity contribution in [1.82, 2.24) is 4.98 Å². The molecule has 0 radical (unpaired) electrons. The van der Waals surface area contributed by atoms with Crippen molar-refractivity contribution in [2.45, 2.75) is 0 Å². The van der Waals surface area contributed by atoms with Gasteiger partial charge in [-0.2, -0.15) is 0 Å². The third-order valence-electron chi connectivity index (χ3n) is 2.35. The van der Waals surface area contributed by atoms with Crippen molar-refractivity contribution < 1.29 is 9.18 Å². The molecule has 0 N–H and O–H groups in total. The molecular weight excluding hydrogens is 299 g/mol. The van der Waals surface area contributed by atoms with Crippen molar-refractivity contribution in [3.8, 4) is 11.1 Å². The summed E-state index contributed by atoms with van der Waals surface area (Å²) in [6, 6.07) is 3.00. The Balaban J connectivity index is 2.70. The summed E-state index contributed by atoms with van der Waals surface area (Å²) in [6.45, 7) is 0. The number of carbonyl (C=O) groups excluding carboxylic acids is 1. The number of aldehydes is 1. The molecule has 18 heavy (non-hydrogen) atoms. The lowest BCUT2D eigenvalue weighted by molar-refractivity contribution is 0.112. The number of rotatable bonds is 2. The number of pyridine rings is 1. The zero-order chi connectivity index (χ0) is 13.3. The van der Waals surface area contributed by atoms with Crippen LogP contribution in [0.1, 0.15) is 10.4 Å². The zero-order valence-electron chi connectivity index (χ0n) is 8.75. The van der Waals surface area contributed by atoms with Gasteiger partial charge < -0.3 is 0 Å². The molecule has 0 aliphatic rings. The van der Waals surface area contributed by atoms with Crippen LogP contribution in [0, 0.1) is 5.82 Å². The van der Waals surface area contributed by atoms with Gasteiger partial charge >= 0.3 is 0 Å². The van der Waals surface area contributed by atoms with Crippen LogP contribution in [0.25, 0.3) is 11.1 Å². The highest BCUT2D eigenvalue weighted by atomic mass is 35.5. The first-order valence-corrected chi connectivity index (χ1v) is 5.91. The van der Waals surface area contributed by atoms with Gasteiger partial charge in [-0.15, -0.1) is 0 Å². The van der Waals surface area contributed by atoms with Gasteiger partial charge in [0.1, 0.15) is 0 Å². The van der Waals surface area contributed by atoms with Gasteiger partial charge in [-0.05, 0) is 17.7 Å². The maximum absolute atomic E-state index is 13.4. The number of hydrogen-bond donors (Lipinski definition) is 0. The Labute approximate surface area is 117 Å². The maximum atomic E-state index is 13.4. The van der Waals surface area contributed by atoms with Gasteiger partial charge in [-0.25, -0.2) is 4.39 Å². The van der Waals surface area contributed by atoms with Crippen LogP contribution in [0.2, 0.25) is 15.1 Å². The van der Waals surface area contributed by atoms with Gasteiger partial charge in [0.2, 0.25) is 0 Å². The number of nitrogens with zero attached hydrogens (tertiary/aromatic N) is 1. The molecule has 2 rings (SSSR count). The molecule has 0 aliphatic heterocycles. The summed E-state index contributed by atoms with van der Waals surface area (Å²) in [5.74, 6) is -0.704. The molecule has 0 fully saturated rings. The Morgan fingerprint density at radius 3 is 2.28 bits per heavy atom. The fourth-order valence-corrected chi connectivity index (χ4v) is 2.10. The number of hydrogen-bond acceptors (Lipinski definition) is 2. The molecule has 1 heterocycles. The molecular formula is C12H5Cl3FNO. The number of halogens is 4. The summed E-state index contributed by atoms with van der Waals surface area (Å²) in [4.78, 5) is 14.6. The Hall–Kier alpha value is -1.16. The van der Waals surface area contributed by atoms with Crippen LogP contribution >= 0.6 is 34.8 Å². The van der Waals surface area contributed by atoms with Gasteiger partial charge in [-0.3, -0.25) is 9.78 Å². The Morgan fingerprint density at radius 2 is 1.72 bits per heavy atom. The van der Waals surface area contributed by atoms with E-state index in [1.54, 1.807) is 0 Å². The molecule has 2 nitrogen and oxygen atoms in total. The first-order valence-electron chi connectivity index (χ1n) is 4.78. The fraction of sp³-hybridized carbons (Fsp3) is 0. The molecule has 2 aromatic rings. The van der Waals surface area contributed by atoms with Gasteiger partial charge in [0.05, 0.1) is 26.8 Å². The first-order chi connectivity index (χ1) is 8.54. The topological polar surface area (TPSA) is 30.0 Å². The summed E-state index contributed by atoms with van der Waals surface area (Å²) < 4.78 is 13.4. The van der Waals surface area contributed by atoms with Gasteiger partial charge in [-0.1, -0.05) is 34.8 Å². The molecule has 0 unspecified atom stereocenters.